The maximum Gasteiger partial charge on any atom is 0.283 e. The fourth-order valence-electron chi connectivity index (χ4n) is 6.05. The molecule has 1 aromatic carbocycles. The van der Waals surface area contributed by atoms with Crippen LogP contribution in [0.4, 0.5) is 0 Å². The number of piperazine rings is 1. The molecule has 3 aliphatic rings. The third-order valence-corrected chi connectivity index (χ3v) is 13.2. The second-order valence-electron chi connectivity index (χ2n) is 11.8. The molecule has 2 atom stereocenters. The lowest BCUT2D eigenvalue weighted by Crippen LogP contribution is -2.58. The molecular weight excluding hydrogens is 644 g/mol. The van der Waals surface area contributed by atoms with Gasteiger partial charge in [0.2, 0.25) is 5.91 Å². The van der Waals surface area contributed by atoms with Gasteiger partial charge in [-0.1, -0.05) is 17.7 Å². The molecule has 2 amide bonds. The lowest BCUT2D eigenvalue weighted by Gasteiger charge is -2.41. The lowest BCUT2D eigenvalue weighted by molar-refractivity contribution is -0.136. The van der Waals surface area contributed by atoms with Crippen molar-refractivity contribution in [2.45, 2.75) is 49.1 Å². The number of thiophene rings is 1. The standard InChI is InChI=1S/C29H37ClN6O5S3/c1-18-12-23-25(15-31-18)42-27(32-23)28(38)36-7-6-35(16-20(36)14-26(37)34-8-10-41-11-9-34)44(39,40)29-22(17-33(2)3)21-5-4-19(30)13-24(21)43-29/h4-5,13,18,20,31H,6-12,14-17H2,1-3H3. The molecule has 238 valence electrons. The van der Waals surface area contributed by atoms with Crippen LogP contribution in [0.15, 0.2) is 22.4 Å². The number of rotatable bonds is 7. The first-order valence-corrected chi connectivity index (χ1v) is 18.2. The number of aromatic nitrogens is 1. The molecule has 3 aliphatic heterocycles. The third kappa shape index (κ3) is 6.41. The van der Waals surface area contributed by atoms with Crippen LogP contribution in [0.25, 0.3) is 10.1 Å². The van der Waals surface area contributed by atoms with E-state index in [-0.39, 0.29) is 48.1 Å². The van der Waals surface area contributed by atoms with Crippen LogP contribution in [0.3, 0.4) is 0 Å². The highest BCUT2D eigenvalue weighted by Crippen LogP contribution is 2.39. The minimum Gasteiger partial charge on any atom is -0.378 e. The van der Waals surface area contributed by atoms with E-state index in [0.717, 1.165) is 32.6 Å². The van der Waals surface area contributed by atoms with Crippen molar-refractivity contribution in [1.29, 1.82) is 0 Å². The molecule has 1 N–H and O–H groups in total. The van der Waals surface area contributed by atoms with Crippen LogP contribution in [0.5, 0.6) is 0 Å². The van der Waals surface area contributed by atoms with Gasteiger partial charge >= 0.3 is 0 Å². The number of benzene rings is 1. The molecule has 2 unspecified atom stereocenters. The molecule has 0 radical (unpaired) electrons. The summed E-state index contributed by atoms with van der Waals surface area (Å²) >= 11 is 8.86. The van der Waals surface area contributed by atoms with Crippen LogP contribution in [0, 0.1) is 0 Å². The molecule has 11 nitrogen and oxygen atoms in total. The average Bonchev–Trinajstić information content (AvgIpc) is 3.58. The number of carbonyl (C=O) groups excluding carboxylic acids is 2. The van der Waals surface area contributed by atoms with E-state index in [0.29, 0.717) is 49.4 Å². The summed E-state index contributed by atoms with van der Waals surface area (Å²) in [5, 5.41) is 5.20. The number of nitrogens with one attached hydrogen (secondary N) is 1. The van der Waals surface area contributed by atoms with Crippen molar-refractivity contribution in [3.05, 3.63) is 44.4 Å². The Morgan fingerprint density at radius 1 is 1.16 bits per heavy atom. The van der Waals surface area contributed by atoms with Gasteiger partial charge in [0, 0.05) is 84.9 Å². The van der Waals surface area contributed by atoms with Gasteiger partial charge in [0.15, 0.2) is 5.01 Å². The third-order valence-electron chi connectivity index (χ3n) is 8.32. The highest BCUT2D eigenvalue weighted by molar-refractivity contribution is 7.91. The Morgan fingerprint density at radius 2 is 1.93 bits per heavy atom. The van der Waals surface area contributed by atoms with E-state index in [2.05, 4.69) is 12.2 Å². The molecule has 2 aromatic heterocycles. The number of sulfonamides is 1. The van der Waals surface area contributed by atoms with Crippen molar-refractivity contribution < 1.29 is 22.7 Å². The number of hydrogen-bond donors (Lipinski definition) is 1. The molecule has 0 spiro atoms. The largest absolute Gasteiger partial charge is 0.378 e. The van der Waals surface area contributed by atoms with Crippen molar-refractivity contribution in [2.24, 2.45) is 0 Å². The molecule has 6 rings (SSSR count). The van der Waals surface area contributed by atoms with Crippen molar-refractivity contribution >= 4 is 66.2 Å². The summed E-state index contributed by atoms with van der Waals surface area (Å²) in [7, 11) is -0.144. The summed E-state index contributed by atoms with van der Waals surface area (Å²) in [5.74, 6) is -0.365. The fraction of sp³-hybridized carbons (Fsp3) is 0.552. The molecule has 3 aromatic rings. The minimum atomic E-state index is -3.95. The van der Waals surface area contributed by atoms with Gasteiger partial charge in [-0.05, 0) is 38.5 Å². The Kier molecular flexibility index (Phi) is 9.33. The first-order chi connectivity index (χ1) is 21.0. The molecule has 44 heavy (non-hydrogen) atoms. The molecule has 0 saturated carbocycles. The van der Waals surface area contributed by atoms with E-state index in [1.165, 1.54) is 27.0 Å². The van der Waals surface area contributed by atoms with E-state index >= 15 is 0 Å². The summed E-state index contributed by atoms with van der Waals surface area (Å²) in [4.78, 5) is 38.5. The Morgan fingerprint density at radius 3 is 2.68 bits per heavy atom. The van der Waals surface area contributed by atoms with Crippen LogP contribution in [-0.2, 0) is 39.1 Å². The number of carbonyl (C=O) groups is 2. The second-order valence-corrected chi connectivity index (χ2v) is 16.5. The molecular formula is C29H37ClN6O5S3. The van der Waals surface area contributed by atoms with Crippen molar-refractivity contribution in [1.82, 2.24) is 29.3 Å². The van der Waals surface area contributed by atoms with E-state index in [4.69, 9.17) is 21.3 Å². The lowest BCUT2D eigenvalue weighted by atomic mass is 10.1. The number of fused-ring (bicyclic) bond motifs is 2. The maximum absolute atomic E-state index is 14.3. The topological polar surface area (TPSA) is 115 Å². The fourth-order valence-corrected chi connectivity index (χ4v) is 10.7. The van der Waals surface area contributed by atoms with Crippen molar-refractivity contribution in [3.8, 4) is 0 Å². The summed E-state index contributed by atoms with van der Waals surface area (Å²) in [6.07, 6.45) is 0.772. The SMILES string of the molecule is CC1Cc2nc(C(=O)N3CCN(S(=O)(=O)c4sc5cc(Cl)ccc5c4CN(C)C)CC3CC(=O)N3CCOCC3)sc2CN1. The van der Waals surface area contributed by atoms with Crippen LogP contribution in [-0.4, -0.2) is 116 Å². The van der Waals surface area contributed by atoms with Gasteiger partial charge in [-0.25, -0.2) is 13.4 Å². The monoisotopic (exact) mass is 680 g/mol. The molecule has 2 fully saturated rings. The van der Waals surface area contributed by atoms with Crippen molar-refractivity contribution in [2.75, 3.05) is 60.0 Å². The average molecular weight is 681 g/mol. The van der Waals surface area contributed by atoms with E-state index in [9.17, 15) is 18.0 Å². The second kappa shape index (κ2) is 12.9. The summed E-state index contributed by atoms with van der Waals surface area (Å²) in [6, 6.07) is 5.08. The van der Waals surface area contributed by atoms with Crippen LogP contribution in [0.1, 0.15) is 39.3 Å². The minimum absolute atomic E-state index is 0.0181. The number of amides is 2. The van der Waals surface area contributed by atoms with Gasteiger partial charge in [0.25, 0.3) is 15.9 Å². The van der Waals surface area contributed by atoms with Crippen molar-refractivity contribution in [3.63, 3.8) is 0 Å². The number of morpholine rings is 1. The van der Waals surface area contributed by atoms with Gasteiger partial charge in [0.1, 0.15) is 4.21 Å². The normalized spacial score (nSPS) is 21.7. The van der Waals surface area contributed by atoms with Crippen LogP contribution < -0.4 is 5.32 Å². The Bertz CT molecular complexity index is 1670. The van der Waals surface area contributed by atoms with Crippen LogP contribution in [0.2, 0.25) is 5.02 Å². The predicted molar refractivity (Wildman–Crippen MR) is 172 cm³/mol. The zero-order valence-electron chi connectivity index (χ0n) is 25.0. The molecule has 15 heteroatoms. The highest BCUT2D eigenvalue weighted by atomic mass is 35.5. The smallest absolute Gasteiger partial charge is 0.283 e. The van der Waals surface area contributed by atoms with Gasteiger partial charge in [-0.2, -0.15) is 4.31 Å². The molecule has 5 heterocycles. The Hall–Kier alpha value is -2.17. The van der Waals surface area contributed by atoms with Gasteiger partial charge < -0.3 is 24.8 Å². The molecule has 2 saturated heterocycles. The van der Waals surface area contributed by atoms with E-state index < -0.39 is 16.1 Å². The van der Waals surface area contributed by atoms with E-state index in [1.807, 2.05) is 25.1 Å². The zero-order chi connectivity index (χ0) is 31.2. The quantitative estimate of drug-likeness (QED) is 0.405. The number of hydrogen-bond acceptors (Lipinski definition) is 10. The van der Waals surface area contributed by atoms with Gasteiger partial charge in [-0.3, -0.25) is 9.59 Å². The summed E-state index contributed by atoms with van der Waals surface area (Å²) in [5.41, 5.74) is 1.66. The predicted octanol–water partition coefficient (Wildman–Crippen LogP) is 2.87. The van der Waals surface area contributed by atoms with Crippen LogP contribution >= 0.6 is 34.3 Å². The first-order valence-electron chi connectivity index (χ1n) is 14.8. The highest BCUT2D eigenvalue weighted by Gasteiger charge is 2.41. The summed E-state index contributed by atoms with van der Waals surface area (Å²) < 4.78 is 36.6. The summed E-state index contributed by atoms with van der Waals surface area (Å²) in [6.45, 7) is 5.37. The molecule has 0 bridgehead atoms. The Labute approximate surface area is 270 Å². The number of thiazole rings is 1. The maximum atomic E-state index is 14.3. The molecule has 0 aliphatic carbocycles. The zero-order valence-corrected chi connectivity index (χ0v) is 28.3. The van der Waals surface area contributed by atoms with Gasteiger partial charge in [-0.15, -0.1) is 22.7 Å². The first kappa shape index (κ1) is 31.8. The number of nitrogens with zero attached hydrogens (tertiary/aromatic N) is 5. The Balaban J connectivity index is 1.31. The van der Waals surface area contributed by atoms with E-state index in [1.54, 1.807) is 21.9 Å². The number of halogens is 1. The number of ether oxygens (including phenoxy) is 1. The van der Waals surface area contributed by atoms with Gasteiger partial charge in [0.05, 0.1) is 24.9 Å².